The maximum absolute atomic E-state index is 11.9. The van der Waals surface area contributed by atoms with Gasteiger partial charge in [-0.05, 0) is 25.0 Å². The molecule has 2 N–H and O–H groups in total. The van der Waals surface area contributed by atoms with Gasteiger partial charge in [0.1, 0.15) is 5.82 Å². The highest BCUT2D eigenvalue weighted by Gasteiger charge is 2.38. The number of carbonyl (C=O) groups is 1. The molecule has 0 unspecified atom stereocenters. The second-order valence-electron chi connectivity index (χ2n) is 7.06. The standard InChI is InChI=1S/C20H28N4OS/c1-2-10-21-19(25)17-6-7-18(22-15-17)23-16-20(8-4-3-5-9-20)24-11-13-26-14-12-24/h1,6-7,15H,3-5,8-14,16H2,(H,21,25)(H,22,23). The van der Waals surface area contributed by atoms with E-state index in [1.165, 1.54) is 56.7 Å². The number of nitrogens with one attached hydrogen (secondary N) is 2. The van der Waals surface area contributed by atoms with E-state index >= 15 is 0 Å². The number of terminal acetylenes is 1. The zero-order valence-corrected chi connectivity index (χ0v) is 16.1. The van der Waals surface area contributed by atoms with Crippen LogP contribution in [0.1, 0.15) is 42.5 Å². The van der Waals surface area contributed by atoms with E-state index in [0.717, 1.165) is 12.4 Å². The minimum absolute atomic E-state index is 0.184. The molecule has 1 saturated heterocycles. The van der Waals surface area contributed by atoms with Crippen molar-refractivity contribution in [2.24, 2.45) is 0 Å². The number of thioether (sulfide) groups is 1. The Kier molecular flexibility index (Phi) is 6.81. The largest absolute Gasteiger partial charge is 0.368 e. The van der Waals surface area contributed by atoms with Crippen LogP contribution in [0, 0.1) is 12.3 Å². The van der Waals surface area contributed by atoms with Crippen LogP contribution in [-0.2, 0) is 0 Å². The fourth-order valence-corrected chi connectivity index (χ4v) is 4.88. The zero-order chi connectivity index (χ0) is 18.2. The van der Waals surface area contributed by atoms with Crippen molar-refractivity contribution in [3.8, 4) is 12.3 Å². The van der Waals surface area contributed by atoms with Crippen LogP contribution in [0.15, 0.2) is 18.3 Å². The summed E-state index contributed by atoms with van der Waals surface area (Å²) in [5.74, 6) is 5.52. The van der Waals surface area contributed by atoms with E-state index in [9.17, 15) is 4.79 Å². The van der Waals surface area contributed by atoms with Crippen molar-refractivity contribution in [1.29, 1.82) is 0 Å². The third-order valence-corrected chi connectivity index (χ3v) is 6.38. The van der Waals surface area contributed by atoms with Gasteiger partial charge < -0.3 is 10.6 Å². The Balaban J connectivity index is 1.61. The van der Waals surface area contributed by atoms with Crippen LogP contribution in [0.3, 0.4) is 0 Å². The van der Waals surface area contributed by atoms with Crippen molar-refractivity contribution in [2.45, 2.75) is 37.6 Å². The summed E-state index contributed by atoms with van der Waals surface area (Å²) in [6.45, 7) is 3.53. The topological polar surface area (TPSA) is 57.3 Å². The molecule has 0 bridgehead atoms. The molecule has 2 heterocycles. The minimum Gasteiger partial charge on any atom is -0.368 e. The molecule has 2 fully saturated rings. The molecule has 0 spiro atoms. The molecule has 26 heavy (non-hydrogen) atoms. The minimum atomic E-state index is -0.184. The number of aromatic nitrogens is 1. The van der Waals surface area contributed by atoms with Crippen molar-refractivity contribution >= 4 is 23.5 Å². The van der Waals surface area contributed by atoms with Gasteiger partial charge in [0.15, 0.2) is 0 Å². The number of pyridine rings is 1. The van der Waals surface area contributed by atoms with Crippen molar-refractivity contribution in [3.63, 3.8) is 0 Å². The maximum atomic E-state index is 11.9. The SMILES string of the molecule is C#CCNC(=O)c1ccc(NCC2(N3CCSCC3)CCCCC2)nc1. The molecule has 2 aliphatic rings. The Bertz CT molecular complexity index is 628. The van der Waals surface area contributed by atoms with E-state index in [0.29, 0.717) is 5.56 Å². The first-order chi connectivity index (χ1) is 12.7. The molecule has 1 aromatic rings. The summed E-state index contributed by atoms with van der Waals surface area (Å²) in [4.78, 5) is 19.0. The summed E-state index contributed by atoms with van der Waals surface area (Å²) in [5, 5.41) is 6.19. The fraction of sp³-hybridized carbons (Fsp3) is 0.600. The molecule has 1 aromatic heterocycles. The fourth-order valence-electron chi connectivity index (χ4n) is 3.97. The van der Waals surface area contributed by atoms with E-state index in [1.54, 1.807) is 12.3 Å². The smallest absolute Gasteiger partial charge is 0.253 e. The highest BCUT2D eigenvalue weighted by atomic mass is 32.2. The molecular weight excluding hydrogens is 344 g/mol. The number of nitrogens with zero attached hydrogens (tertiary/aromatic N) is 2. The van der Waals surface area contributed by atoms with Gasteiger partial charge in [0.05, 0.1) is 12.1 Å². The van der Waals surface area contributed by atoms with Crippen LogP contribution in [0.25, 0.3) is 0 Å². The highest BCUT2D eigenvalue weighted by molar-refractivity contribution is 7.99. The number of carbonyl (C=O) groups excluding carboxylic acids is 1. The summed E-state index contributed by atoms with van der Waals surface area (Å²) in [6.07, 6.45) is 13.3. The highest BCUT2D eigenvalue weighted by Crippen LogP contribution is 2.35. The molecule has 0 radical (unpaired) electrons. The summed E-state index contributed by atoms with van der Waals surface area (Å²) >= 11 is 2.06. The third-order valence-electron chi connectivity index (χ3n) is 5.44. The van der Waals surface area contributed by atoms with Crippen LogP contribution in [0.2, 0.25) is 0 Å². The maximum Gasteiger partial charge on any atom is 0.253 e. The summed E-state index contributed by atoms with van der Waals surface area (Å²) < 4.78 is 0. The zero-order valence-electron chi connectivity index (χ0n) is 15.3. The van der Waals surface area contributed by atoms with Gasteiger partial charge in [-0.1, -0.05) is 25.2 Å². The average molecular weight is 373 g/mol. The lowest BCUT2D eigenvalue weighted by Crippen LogP contribution is -2.57. The number of hydrogen-bond donors (Lipinski definition) is 2. The number of anilines is 1. The normalized spacial score (nSPS) is 20.1. The predicted molar refractivity (Wildman–Crippen MR) is 109 cm³/mol. The number of amides is 1. The Labute approximate surface area is 160 Å². The van der Waals surface area contributed by atoms with Crippen LogP contribution >= 0.6 is 11.8 Å². The monoisotopic (exact) mass is 372 g/mol. The van der Waals surface area contributed by atoms with Gasteiger partial charge in [-0.3, -0.25) is 9.69 Å². The molecule has 6 heteroatoms. The lowest BCUT2D eigenvalue weighted by molar-refractivity contribution is 0.0706. The van der Waals surface area contributed by atoms with Crippen molar-refractivity contribution < 1.29 is 4.79 Å². The molecule has 1 aliphatic heterocycles. The van der Waals surface area contributed by atoms with Gasteiger partial charge in [-0.25, -0.2) is 4.98 Å². The third kappa shape index (κ3) is 4.72. The van der Waals surface area contributed by atoms with E-state index in [-0.39, 0.29) is 18.0 Å². The molecule has 3 rings (SSSR count). The van der Waals surface area contributed by atoms with Crippen LogP contribution in [-0.4, -0.2) is 59.0 Å². The molecule has 140 valence electrons. The van der Waals surface area contributed by atoms with Gasteiger partial charge in [0.25, 0.3) is 5.91 Å². The van der Waals surface area contributed by atoms with Crippen LogP contribution in [0.5, 0.6) is 0 Å². The Morgan fingerprint density at radius 3 is 2.69 bits per heavy atom. The van der Waals surface area contributed by atoms with Gasteiger partial charge >= 0.3 is 0 Å². The van der Waals surface area contributed by atoms with Gasteiger partial charge in [0, 0.05) is 42.9 Å². The summed E-state index contributed by atoms with van der Waals surface area (Å²) in [7, 11) is 0. The lowest BCUT2D eigenvalue weighted by atomic mass is 9.80. The van der Waals surface area contributed by atoms with Gasteiger partial charge in [0.2, 0.25) is 0 Å². The predicted octanol–water partition coefficient (Wildman–Crippen LogP) is 2.61. The molecule has 5 nitrogen and oxygen atoms in total. The first kappa shape index (κ1) is 19.1. The Morgan fingerprint density at radius 2 is 2.04 bits per heavy atom. The summed E-state index contributed by atoms with van der Waals surface area (Å²) in [5.41, 5.74) is 0.787. The van der Waals surface area contributed by atoms with E-state index in [4.69, 9.17) is 6.42 Å². The molecular formula is C20H28N4OS. The molecule has 0 atom stereocenters. The molecule has 1 saturated carbocycles. The molecule has 1 amide bonds. The Morgan fingerprint density at radius 1 is 1.27 bits per heavy atom. The van der Waals surface area contributed by atoms with Crippen LogP contribution in [0.4, 0.5) is 5.82 Å². The lowest BCUT2D eigenvalue weighted by Gasteiger charge is -2.48. The van der Waals surface area contributed by atoms with Gasteiger partial charge in [-0.15, -0.1) is 6.42 Å². The molecule has 0 aromatic carbocycles. The van der Waals surface area contributed by atoms with Crippen molar-refractivity contribution in [3.05, 3.63) is 23.9 Å². The quantitative estimate of drug-likeness (QED) is 0.752. The number of hydrogen-bond acceptors (Lipinski definition) is 5. The van der Waals surface area contributed by atoms with Crippen molar-refractivity contribution in [1.82, 2.24) is 15.2 Å². The van der Waals surface area contributed by atoms with Crippen LogP contribution < -0.4 is 10.6 Å². The average Bonchev–Trinajstić information content (AvgIpc) is 2.72. The van der Waals surface area contributed by atoms with Crippen molar-refractivity contribution in [2.75, 3.05) is 43.0 Å². The van der Waals surface area contributed by atoms with E-state index in [1.807, 2.05) is 6.07 Å². The van der Waals surface area contributed by atoms with Gasteiger partial charge in [-0.2, -0.15) is 11.8 Å². The van der Waals surface area contributed by atoms with E-state index in [2.05, 4.69) is 38.2 Å². The summed E-state index contributed by atoms with van der Waals surface area (Å²) in [6, 6.07) is 3.68. The first-order valence-electron chi connectivity index (χ1n) is 9.48. The van der Waals surface area contributed by atoms with E-state index < -0.39 is 0 Å². The second kappa shape index (κ2) is 9.29. The Hall–Kier alpha value is -1.71. The number of rotatable bonds is 6. The first-order valence-corrected chi connectivity index (χ1v) is 10.6. The molecule has 1 aliphatic carbocycles. The second-order valence-corrected chi connectivity index (χ2v) is 8.28.